The summed E-state index contributed by atoms with van der Waals surface area (Å²) in [6.45, 7) is 6.18. The molecule has 3 rings (SSSR count). The third-order valence-corrected chi connectivity index (χ3v) is 3.98. The van der Waals surface area contributed by atoms with Gasteiger partial charge in [-0.1, -0.05) is 44.2 Å². The number of rotatable bonds is 3. The lowest BCUT2D eigenvalue weighted by Crippen LogP contribution is -2.44. The summed E-state index contributed by atoms with van der Waals surface area (Å²) in [5.41, 5.74) is 0.904. The molecule has 1 aliphatic rings. The number of likely N-dealkylation sites (tertiary alicyclic amines) is 1. The van der Waals surface area contributed by atoms with E-state index in [2.05, 4.69) is 29.3 Å². The van der Waals surface area contributed by atoms with Gasteiger partial charge in [-0.25, -0.2) is 0 Å². The molecule has 0 N–H and O–H groups in total. The Balaban J connectivity index is 1.66. The first-order chi connectivity index (χ1) is 10.6. The van der Waals surface area contributed by atoms with Gasteiger partial charge in [-0.2, -0.15) is 4.80 Å². The smallest absolute Gasteiger partial charge is 0.246 e. The Kier molecular flexibility index (Phi) is 4.18. The van der Waals surface area contributed by atoms with Crippen LogP contribution in [0.4, 0.5) is 0 Å². The minimum absolute atomic E-state index is 0.0652. The van der Waals surface area contributed by atoms with Crippen molar-refractivity contribution in [3.63, 3.8) is 0 Å². The molecule has 6 heteroatoms. The molecule has 1 aromatic carbocycles. The molecule has 22 heavy (non-hydrogen) atoms. The van der Waals surface area contributed by atoms with E-state index < -0.39 is 0 Å². The predicted molar refractivity (Wildman–Crippen MR) is 82.8 cm³/mol. The number of hydrogen-bond acceptors (Lipinski definition) is 4. The second-order valence-electron chi connectivity index (χ2n) is 6.25. The van der Waals surface area contributed by atoms with Crippen LogP contribution < -0.4 is 0 Å². The maximum absolute atomic E-state index is 12.4. The zero-order chi connectivity index (χ0) is 15.5. The normalized spacial score (nSPS) is 21.8. The average molecular weight is 299 g/mol. The maximum atomic E-state index is 12.4. The van der Waals surface area contributed by atoms with Gasteiger partial charge in [0, 0.05) is 18.7 Å². The Morgan fingerprint density at radius 3 is 2.55 bits per heavy atom. The quantitative estimate of drug-likeness (QED) is 0.867. The van der Waals surface area contributed by atoms with E-state index >= 15 is 0 Å². The number of amides is 1. The van der Waals surface area contributed by atoms with E-state index in [1.54, 1.807) is 0 Å². The van der Waals surface area contributed by atoms with Gasteiger partial charge in [0.15, 0.2) is 0 Å². The molecule has 0 radical (unpaired) electrons. The molecule has 0 bridgehead atoms. The molecule has 1 fully saturated rings. The van der Waals surface area contributed by atoms with Gasteiger partial charge in [0.25, 0.3) is 0 Å². The second kappa shape index (κ2) is 6.25. The summed E-state index contributed by atoms with van der Waals surface area (Å²) in [5.74, 6) is 1.72. The molecular weight excluding hydrogens is 278 g/mol. The largest absolute Gasteiger partial charge is 0.340 e. The number of aromatic nitrogens is 4. The fourth-order valence-corrected chi connectivity index (χ4v) is 3.10. The third-order valence-electron chi connectivity index (χ3n) is 3.98. The average Bonchev–Trinajstić information content (AvgIpc) is 2.95. The Labute approximate surface area is 130 Å². The number of hydrogen-bond donors (Lipinski definition) is 0. The minimum Gasteiger partial charge on any atom is -0.340 e. The van der Waals surface area contributed by atoms with E-state index in [9.17, 15) is 4.79 Å². The Morgan fingerprint density at radius 1 is 1.18 bits per heavy atom. The van der Waals surface area contributed by atoms with Crippen LogP contribution >= 0.6 is 0 Å². The van der Waals surface area contributed by atoms with E-state index in [-0.39, 0.29) is 12.5 Å². The molecule has 0 unspecified atom stereocenters. The van der Waals surface area contributed by atoms with Crippen molar-refractivity contribution in [2.45, 2.75) is 26.8 Å². The lowest BCUT2D eigenvalue weighted by atomic mass is 9.92. The summed E-state index contributed by atoms with van der Waals surface area (Å²) >= 11 is 0. The molecule has 0 spiro atoms. The summed E-state index contributed by atoms with van der Waals surface area (Å²) < 4.78 is 0. The fourth-order valence-electron chi connectivity index (χ4n) is 3.10. The highest BCUT2D eigenvalue weighted by atomic mass is 16.2. The van der Waals surface area contributed by atoms with Crippen LogP contribution in [0.15, 0.2) is 30.3 Å². The van der Waals surface area contributed by atoms with Crippen molar-refractivity contribution in [3.8, 4) is 11.4 Å². The van der Waals surface area contributed by atoms with E-state index in [0.29, 0.717) is 17.7 Å². The first-order valence-electron chi connectivity index (χ1n) is 7.73. The van der Waals surface area contributed by atoms with Crippen LogP contribution in [0, 0.1) is 11.8 Å². The van der Waals surface area contributed by atoms with Crippen LogP contribution in [-0.4, -0.2) is 44.1 Å². The number of carbonyl (C=O) groups excluding carboxylic acids is 1. The summed E-state index contributed by atoms with van der Waals surface area (Å²) in [6.07, 6.45) is 1.18. The number of carbonyl (C=O) groups is 1. The first-order valence-corrected chi connectivity index (χ1v) is 7.73. The highest BCUT2D eigenvalue weighted by Crippen LogP contribution is 2.21. The summed E-state index contributed by atoms with van der Waals surface area (Å²) in [4.78, 5) is 15.7. The maximum Gasteiger partial charge on any atom is 0.246 e. The molecule has 0 saturated carbocycles. The third kappa shape index (κ3) is 3.32. The minimum atomic E-state index is 0.0652. The fraction of sp³-hybridized carbons (Fsp3) is 0.500. The molecule has 2 heterocycles. The molecule has 2 atom stereocenters. The summed E-state index contributed by atoms with van der Waals surface area (Å²) in [7, 11) is 0. The Bertz CT molecular complexity index is 629. The zero-order valence-electron chi connectivity index (χ0n) is 13.0. The van der Waals surface area contributed by atoms with Crippen LogP contribution in [0.1, 0.15) is 20.3 Å². The van der Waals surface area contributed by atoms with Gasteiger partial charge >= 0.3 is 0 Å². The van der Waals surface area contributed by atoms with E-state index in [1.807, 2.05) is 35.2 Å². The zero-order valence-corrected chi connectivity index (χ0v) is 13.0. The molecular formula is C16H21N5O. The number of tetrazole rings is 1. The Morgan fingerprint density at radius 2 is 1.86 bits per heavy atom. The molecule has 1 amide bonds. The van der Waals surface area contributed by atoms with E-state index in [4.69, 9.17) is 0 Å². The van der Waals surface area contributed by atoms with Gasteiger partial charge in [-0.15, -0.1) is 10.2 Å². The topological polar surface area (TPSA) is 63.9 Å². The highest BCUT2D eigenvalue weighted by Gasteiger charge is 2.25. The summed E-state index contributed by atoms with van der Waals surface area (Å²) in [5, 5.41) is 12.3. The van der Waals surface area contributed by atoms with E-state index in [0.717, 1.165) is 18.7 Å². The van der Waals surface area contributed by atoms with Gasteiger partial charge in [0.1, 0.15) is 6.54 Å². The van der Waals surface area contributed by atoms with Crippen LogP contribution in [0.25, 0.3) is 11.4 Å². The van der Waals surface area contributed by atoms with Gasteiger partial charge in [0.05, 0.1) is 0 Å². The van der Waals surface area contributed by atoms with Crippen molar-refractivity contribution in [3.05, 3.63) is 30.3 Å². The van der Waals surface area contributed by atoms with Crippen LogP contribution in [0.2, 0.25) is 0 Å². The molecule has 0 aliphatic carbocycles. The lowest BCUT2D eigenvalue weighted by molar-refractivity contribution is -0.135. The van der Waals surface area contributed by atoms with Gasteiger partial charge in [-0.05, 0) is 23.5 Å². The van der Waals surface area contributed by atoms with Gasteiger partial charge < -0.3 is 4.90 Å². The van der Waals surface area contributed by atoms with Crippen molar-refractivity contribution >= 4 is 5.91 Å². The van der Waals surface area contributed by atoms with Crippen molar-refractivity contribution < 1.29 is 4.79 Å². The SMILES string of the molecule is C[C@H]1C[C@H](C)CN(C(=O)Cn2nnc(-c3ccccc3)n2)C1. The number of nitrogens with zero attached hydrogens (tertiary/aromatic N) is 5. The predicted octanol–water partition coefficient (Wildman–Crippen LogP) is 1.84. The number of benzene rings is 1. The molecule has 2 aromatic rings. The van der Waals surface area contributed by atoms with Crippen molar-refractivity contribution in [2.24, 2.45) is 11.8 Å². The van der Waals surface area contributed by atoms with Crippen molar-refractivity contribution in [1.82, 2.24) is 25.1 Å². The molecule has 1 aliphatic heterocycles. The molecule has 6 nitrogen and oxygen atoms in total. The van der Waals surface area contributed by atoms with Crippen molar-refractivity contribution in [2.75, 3.05) is 13.1 Å². The van der Waals surface area contributed by atoms with E-state index in [1.165, 1.54) is 11.2 Å². The number of piperidine rings is 1. The first kappa shape index (κ1) is 14.7. The van der Waals surface area contributed by atoms with Crippen molar-refractivity contribution in [1.29, 1.82) is 0 Å². The van der Waals surface area contributed by atoms with Gasteiger partial charge in [0.2, 0.25) is 11.7 Å². The lowest BCUT2D eigenvalue weighted by Gasteiger charge is -2.34. The van der Waals surface area contributed by atoms with Crippen LogP contribution in [-0.2, 0) is 11.3 Å². The molecule has 116 valence electrons. The standard InChI is InChI=1S/C16H21N5O/c1-12-8-13(2)10-20(9-12)15(22)11-21-18-16(17-19-21)14-6-4-3-5-7-14/h3-7,12-13H,8-11H2,1-2H3/t12-,13-/m0/s1. The van der Waals surface area contributed by atoms with Gasteiger partial charge in [-0.3, -0.25) is 4.79 Å². The van der Waals surface area contributed by atoms with Crippen LogP contribution in [0.5, 0.6) is 0 Å². The summed E-state index contributed by atoms with van der Waals surface area (Å²) in [6, 6.07) is 9.65. The molecule has 1 aromatic heterocycles. The molecule has 1 saturated heterocycles. The Hall–Kier alpha value is -2.24. The highest BCUT2D eigenvalue weighted by molar-refractivity contribution is 5.76. The monoisotopic (exact) mass is 299 g/mol. The second-order valence-corrected chi connectivity index (χ2v) is 6.25. The van der Waals surface area contributed by atoms with Crippen LogP contribution in [0.3, 0.4) is 0 Å².